The Morgan fingerprint density at radius 3 is 2.79 bits per heavy atom. The lowest BCUT2D eigenvalue weighted by molar-refractivity contribution is 0.311. The largest absolute Gasteiger partial charge is 0.489 e. The minimum absolute atomic E-state index is 0.595. The van der Waals surface area contributed by atoms with Crippen molar-refractivity contribution in [3.63, 3.8) is 0 Å². The van der Waals surface area contributed by atoms with Crippen molar-refractivity contribution in [2.24, 2.45) is 0 Å². The summed E-state index contributed by atoms with van der Waals surface area (Å²) in [4.78, 5) is 5.34. The van der Waals surface area contributed by atoms with Gasteiger partial charge in [-0.1, -0.05) is 18.6 Å². The average molecular weight is 336 g/mol. The van der Waals surface area contributed by atoms with Gasteiger partial charge < -0.3 is 4.74 Å². The Bertz CT molecular complexity index is 770. The molecule has 122 valence electrons. The van der Waals surface area contributed by atoms with Crippen LogP contribution in [0.2, 0.25) is 0 Å². The van der Waals surface area contributed by atoms with Crippen LogP contribution in [0.1, 0.15) is 16.8 Å². The van der Waals surface area contributed by atoms with E-state index in [1.165, 1.54) is 5.56 Å². The van der Waals surface area contributed by atoms with E-state index in [0.29, 0.717) is 5.76 Å². The van der Waals surface area contributed by atoms with Gasteiger partial charge >= 0.3 is 0 Å². The number of allylic oxidation sites excluding steroid dienone is 3. The normalized spacial score (nSPS) is 10.7. The zero-order valence-corrected chi connectivity index (χ0v) is 14.7. The number of methoxy groups -OCH3 is 1. The van der Waals surface area contributed by atoms with E-state index in [-0.39, 0.29) is 0 Å². The van der Waals surface area contributed by atoms with E-state index in [0.717, 1.165) is 22.7 Å². The molecular formula is C20H20N2OS. The Balaban J connectivity index is 1.89. The molecule has 24 heavy (non-hydrogen) atoms. The standard InChI is InChI=1S/C20H20N2OS/c1-4-5-19(23-3)9-6-17-7-10-20(11-8-17)24-22-15-18-12-13-21-16(2)14-18/h4-5,7-8,10-14,22H,1,15H2,2-3H3/b19-5-. The van der Waals surface area contributed by atoms with Gasteiger partial charge in [0, 0.05) is 28.9 Å². The number of hydrogen-bond acceptors (Lipinski definition) is 4. The molecule has 0 saturated heterocycles. The molecule has 1 aromatic heterocycles. The quantitative estimate of drug-likeness (QED) is 0.370. The molecule has 0 aliphatic rings. The number of pyridine rings is 1. The molecule has 2 aromatic rings. The number of benzene rings is 1. The lowest BCUT2D eigenvalue weighted by atomic mass is 10.2. The first-order valence-electron chi connectivity index (χ1n) is 7.51. The van der Waals surface area contributed by atoms with Crippen molar-refractivity contribution in [1.29, 1.82) is 0 Å². The third-order valence-electron chi connectivity index (χ3n) is 3.10. The smallest absolute Gasteiger partial charge is 0.169 e. The molecule has 1 aromatic carbocycles. The summed E-state index contributed by atoms with van der Waals surface area (Å²) in [6, 6.07) is 12.2. The minimum atomic E-state index is 0.595. The predicted octanol–water partition coefficient (Wildman–Crippen LogP) is 4.25. The number of nitrogens with zero attached hydrogens (tertiary/aromatic N) is 1. The van der Waals surface area contributed by atoms with Crippen molar-refractivity contribution in [3.05, 3.63) is 83.9 Å². The first-order chi connectivity index (χ1) is 11.7. The molecule has 0 unspecified atom stereocenters. The summed E-state index contributed by atoms with van der Waals surface area (Å²) >= 11 is 1.60. The number of ether oxygens (including phenoxy) is 1. The number of nitrogens with one attached hydrogen (secondary N) is 1. The van der Waals surface area contributed by atoms with Gasteiger partial charge in [-0.25, -0.2) is 0 Å². The SMILES string of the molecule is C=C/C=C(/C#Cc1ccc(SNCc2ccnc(C)c2)cc1)OC. The lowest BCUT2D eigenvalue weighted by Gasteiger charge is -2.05. The second-order valence-corrected chi connectivity index (χ2v) is 5.94. The van der Waals surface area contributed by atoms with E-state index >= 15 is 0 Å². The third kappa shape index (κ3) is 5.96. The summed E-state index contributed by atoms with van der Waals surface area (Å²) in [6.45, 7) is 6.42. The van der Waals surface area contributed by atoms with Crippen LogP contribution in [0.15, 0.2) is 72.0 Å². The summed E-state index contributed by atoms with van der Waals surface area (Å²) < 4.78 is 8.49. The summed E-state index contributed by atoms with van der Waals surface area (Å²) in [5, 5.41) is 0. The highest BCUT2D eigenvalue weighted by molar-refractivity contribution is 7.97. The Hall–Kier alpha value is -2.48. The highest BCUT2D eigenvalue weighted by atomic mass is 32.2. The van der Waals surface area contributed by atoms with E-state index < -0.39 is 0 Å². The third-order valence-corrected chi connectivity index (χ3v) is 3.90. The molecule has 1 heterocycles. The summed E-state index contributed by atoms with van der Waals surface area (Å²) in [5.41, 5.74) is 3.19. The van der Waals surface area contributed by atoms with Gasteiger partial charge in [-0.2, -0.15) is 0 Å². The molecule has 2 rings (SSSR count). The molecule has 0 fully saturated rings. The van der Waals surface area contributed by atoms with Crippen LogP contribution in [-0.4, -0.2) is 12.1 Å². The van der Waals surface area contributed by atoms with Gasteiger partial charge in [0.25, 0.3) is 0 Å². The number of hydrogen-bond donors (Lipinski definition) is 1. The fourth-order valence-electron chi connectivity index (χ4n) is 1.92. The summed E-state index contributed by atoms with van der Waals surface area (Å²) in [5.74, 6) is 6.63. The van der Waals surface area contributed by atoms with Gasteiger partial charge in [0.1, 0.15) is 0 Å². The van der Waals surface area contributed by atoms with Crippen LogP contribution >= 0.6 is 11.9 Å². The highest BCUT2D eigenvalue weighted by Gasteiger charge is 1.97. The fraction of sp³-hybridized carbons (Fsp3) is 0.150. The maximum absolute atomic E-state index is 5.14. The van der Waals surface area contributed by atoms with Crippen LogP contribution in [0.5, 0.6) is 0 Å². The predicted molar refractivity (Wildman–Crippen MR) is 100 cm³/mol. The highest BCUT2D eigenvalue weighted by Crippen LogP contribution is 2.16. The molecule has 0 saturated carbocycles. The van der Waals surface area contributed by atoms with Crippen molar-refractivity contribution in [1.82, 2.24) is 9.71 Å². The average Bonchev–Trinajstić information content (AvgIpc) is 2.60. The van der Waals surface area contributed by atoms with Crippen LogP contribution in [0.3, 0.4) is 0 Å². The van der Waals surface area contributed by atoms with Crippen LogP contribution in [0.25, 0.3) is 0 Å². The second kappa shape index (κ2) is 9.61. The molecule has 3 nitrogen and oxygen atoms in total. The maximum Gasteiger partial charge on any atom is 0.169 e. The Labute approximate surface area is 148 Å². The Morgan fingerprint density at radius 1 is 1.33 bits per heavy atom. The van der Waals surface area contributed by atoms with Crippen molar-refractivity contribution in [2.75, 3.05) is 7.11 Å². The van der Waals surface area contributed by atoms with Gasteiger partial charge in [-0.15, -0.1) is 0 Å². The Morgan fingerprint density at radius 2 is 2.12 bits per heavy atom. The van der Waals surface area contributed by atoms with Crippen LogP contribution in [0.4, 0.5) is 0 Å². The molecule has 4 heteroatoms. The molecule has 0 radical (unpaired) electrons. The number of rotatable bonds is 6. The van der Waals surface area contributed by atoms with E-state index in [2.05, 4.69) is 34.2 Å². The Kier molecular flexibility index (Phi) is 7.16. The number of aromatic nitrogens is 1. The second-order valence-electron chi connectivity index (χ2n) is 4.97. The first kappa shape index (κ1) is 17.9. The minimum Gasteiger partial charge on any atom is -0.489 e. The van der Waals surface area contributed by atoms with E-state index in [1.54, 1.807) is 31.2 Å². The van der Waals surface area contributed by atoms with Gasteiger partial charge in [-0.3, -0.25) is 9.71 Å². The van der Waals surface area contributed by atoms with Crippen molar-refractivity contribution in [3.8, 4) is 11.8 Å². The van der Waals surface area contributed by atoms with E-state index in [1.807, 2.05) is 43.5 Å². The van der Waals surface area contributed by atoms with Gasteiger partial charge in [0.2, 0.25) is 0 Å². The molecular weight excluding hydrogens is 316 g/mol. The van der Waals surface area contributed by atoms with Crippen LogP contribution < -0.4 is 4.72 Å². The van der Waals surface area contributed by atoms with Crippen LogP contribution in [0, 0.1) is 18.8 Å². The van der Waals surface area contributed by atoms with E-state index in [4.69, 9.17) is 4.74 Å². The van der Waals surface area contributed by atoms with Crippen molar-refractivity contribution < 1.29 is 4.74 Å². The molecule has 0 aliphatic carbocycles. The lowest BCUT2D eigenvalue weighted by Crippen LogP contribution is -2.03. The van der Waals surface area contributed by atoms with Gasteiger partial charge in [-0.05, 0) is 72.8 Å². The topological polar surface area (TPSA) is 34.2 Å². The van der Waals surface area contributed by atoms with Gasteiger partial charge in [0.05, 0.1) is 7.11 Å². The molecule has 1 N–H and O–H groups in total. The molecule has 0 amide bonds. The fourth-order valence-corrected chi connectivity index (χ4v) is 2.60. The molecule has 0 atom stereocenters. The maximum atomic E-state index is 5.14. The van der Waals surface area contributed by atoms with Gasteiger partial charge in [0.15, 0.2) is 5.76 Å². The number of aryl methyl sites for hydroxylation is 1. The summed E-state index contributed by atoms with van der Waals surface area (Å²) in [7, 11) is 1.60. The zero-order chi connectivity index (χ0) is 17.2. The summed E-state index contributed by atoms with van der Waals surface area (Å²) in [6.07, 6.45) is 5.23. The van der Waals surface area contributed by atoms with Crippen LogP contribution in [-0.2, 0) is 11.3 Å². The van der Waals surface area contributed by atoms with Crippen molar-refractivity contribution >= 4 is 11.9 Å². The van der Waals surface area contributed by atoms with Crippen molar-refractivity contribution in [2.45, 2.75) is 18.4 Å². The molecule has 0 aliphatic heterocycles. The molecule has 0 bridgehead atoms. The zero-order valence-electron chi connectivity index (χ0n) is 13.9. The first-order valence-corrected chi connectivity index (χ1v) is 8.33. The van der Waals surface area contributed by atoms with E-state index in [9.17, 15) is 0 Å². The monoisotopic (exact) mass is 336 g/mol. The molecule has 0 spiro atoms.